The second-order valence-electron chi connectivity index (χ2n) is 5.63. The number of aromatic amines is 2. The number of H-pyrrole nitrogens is 2. The summed E-state index contributed by atoms with van der Waals surface area (Å²) in [5.41, 5.74) is 3.43. The summed E-state index contributed by atoms with van der Waals surface area (Å²) >= 11 is 0. The second kappa shape index (κ2) is 5.83. The fourth-order valence-electron chi connectivity index (χ4n) is 2.74. The van der Waals surface area contributed by atoms with Crippen molar-refractivity contribution in [3.63, 3.8) is 0 Å². The Kier molecular flexibility index (Phi) is 3.85. The molecule has 1 atom stereocenters. The van der Waals surface area contributed by atoms with Crippen LogP contribution in [-0.2, 0) is 6.42 Å². The average Bonchev–Trinajstić information content (AvgIpc) is 3.05. The lowest BCUT2D eigenvalue weighted by Gasteiger charge is -2.15. The third-order valence-corrected chi connectivity index (χ3v) is 4.13. The predicted molar refractivity (Wildman–Crippen MR) is 83.9 cm³/mol. The number of benzene rings is 1. The van der Waals surface area contributed by atoms with Gasteiger partial charge in [-0.25, -0.2) is 14.3 Å². The van der Waals surface area contributed by atoms with Gasteiger partial charge in [-0.1, -0.05) is 12.1 Å². The van der Waals surface area contributed by atoms with Gasteiger partial charge in [-0.15, -0.1) is 0 Å². The molecule has 0 aliphatic carbocycles. The van der Waals surface area contributed by atoms with Crippen LogP contribution >= 0.6 is 0 Å². The Morgan fingerprint density at radius 2 is 1.87 bits per heavy atom. The van der Waals surface area contributed by atoms with Gasteiger partial charge in [0.25, 0.3) is 0 Å². The zero-order chi connectivity index (χ0) is 16.6. The first kappa shape index (κ1) is 15.2. The first-order chi connectivity index (χ1) is 11.0. The first-order valence-electron chi connectivity index (χ1n) is 7.39. The minimum Gasteiger partial charge on any atom is -0.282 e. The summed E-state index contributed by atoms with van der Waals surface area (Å²) in [6.07, 6.45) is 0.498. The SMILES string of the molecule is Cc1n[nH]c(C)c1Cc1n[nH]c(=O)n1C(C)c1ccc(F)cc1. The molecule has 2 N–H and O–H groups in total. The highest BCUT2D eigenvalue weighted by molar-refractivity contribution is 5.27. The van der Waals surface area contributed by atoms with E-state index >= 15 is 0 Å². The first-order valence-corrected chi connectivity index (χ1v) is 7.39. The van der Waals surface area contributed by atoms with E-state index in [9.17, 15) is 9.18 Å². The fourth-order valence-corrected chi connectivity index (χ4v) is 2.74. The largest absolute Gasteiger partial charge is 0.343 e. The van der Waals surface area contributed by atoms with Crippen LogP contribution in [0.1, 0.15) is 41.3 Å². The number of hydrogen-bond acceptors (Lipinski definition) is 3. The normalized spacial score (nSPS) is 12.5. The summed E-state index contributed by atoms with van der Waals surface area (Å²) in [7, 11) is 0. The molecule has 0 saturated carbocycles. The van der Waals surface area contributed by atoms with Crippen LogP contribution in [0, 0.1) is 19.7 Å². The number of aryl methyl sites for hydroxylation is 2. The Morgan fingerprint density at radius 1 is 1.17 bits per heavy atom. The molecular weight excluding hydrogens is 297 g/mol. The Hall–Kier alpha value is -2.70. The van der Waals surface area contributed by atoms with Gasteiger partial charge in [-0.05, 0) is 38.5 Å². The number of halogens is 1. The van der Waals surface area contributed by atoms with E-state index in [0.717, 1.165) is 22.5 Å². The number of nitrogens with one attached hydrogen (secondary N) is 2. The quantitative estimate of drug-likeness (QED) is 0.775. The molecule has 3 rings (SSSR count). The van der Waals surface area contributed by atoms with Crippen LogP contribution < -0.4 is 5.69 Å². The summed E-state index contributed by atoms with van der Waals surface area (Å²) in [5, 5.41) is 13.8. The van der Waals surface area contributed by atoms with Crippen molar-refractivity contribution in [3.8, 4) is 0 Å². The van der Waals surface area contributed by atoms with Crippen LogP contribution in [0.4, 0.5) is 4.39 Å². The van der Waals surface area contributed by atoms with E-state index in [1.807, 2.05) is 20.8 Å². The summed E-state index contributed by atoms with van der Waals surface area (Å²) in [6, 6.07) is 5.89. The Bertz CT molecular complexity index is 855. The van der Waals surface area contributed by atoms with Gasteiger partial charge >= 0.3 is 5.69 Å². The number of rotatable bonds is 4. The van der Waals surface area contributed by atoms with Crippen LogP contribution in [0.5, 0.6) is 0 Å². The van der Waals surface area contributed by atoms with Crippen LogP contribution in [0.25, 0.3) is 0 Å². The molecule has 7 heteroatoms. The zero-order valence-corrected chi connectivity index (χ0v) is 13.2. The Balaban J connectivity index is 1.99. The maximum Gasteiger partial charge on any atom is 0.343 e. The molecule has 0 fully saturated rings. The minimum absolute atomic E-state index is 0.246. The van der Waals surface area contributed by atoms with Gasteiger partial charge in [0.15, 0.2) is 0 Å². The van der Waals surface area contributed by atoms with Crippen molar-refractivity contribution >= 4 is 0 Å². The molecule has 23 heavy (non-hydrogen) atoms. The summed E-state index contributed by atoms with van der Waals surface area (Å²) in [6.45, 7) is 5.74. The van der Waals surface area contributed by atoms with Gasteiger partial charge in [0, 0.05) is 17.7 Å². The van der Waals surface area contributed by atoms with Crippen LogP contribution in [0.15, 0.2) is 29.1 Å². The molecule has 0 radical (unpaired) electrons. The number of aromatic nitrogens is 5. The summed E-state index contributed by atoms with van der Waals surface area (Å²) in [5.74, 6) is 0.324. The minimum atomic E-state index is -0.301. The molecule has 0 bridgehead atoms. The lowest BCUT2D eigenvalue weighted by molar-refractivity contribution is 0.585. The molecular formula is C16H18FN5O. The molecule has 1 unspecified atom stereocenters. The third-order valence-electron chi connectivity index (χ3n) is 4.13. The zero-order valence-electron chi connectivity index (χ0n) is 13.2. The van der Waals surface area contributed by atoms with Crippen molar-refractivity contribution in [2.24, 2.45) is 0 Å². The lowest BCUT2D eigenvalue weighted by atomic mass is 10.1. The molecule has 120 valence electrons. The van der Waals surface area contributed by atoms with E-state index in [2.05, 4.69) is 20.4 Å². The van der Waals surface area contributed by atoms with Crippen LogP contribution in [0.3, 0.4) is 0 Å². The molecule has 2 aromatic heterocycles. The average molecular weight is 315 g/mol. The molecule has 0 spiro atoms. The van der Waals surface area contributed by atoms with Crippen molar-refractivity contribution in [1.29, 1.82) is 0 Å². The second-order valence-corrected chi connectivity index (χ2v) is 5.63. The van der Waals surface area contributed by atoms with Gasteiger partial charge in [0.1, 0.15) is 11.6 Å². The molecule has 3 aromatic rings. The van der Waals surface area contributed by atoms with Crippen molar-refractivity contribution < 1.29 is 4.39 Å². The standard InChI is InChI=1S/C16H18FN5O/c1-9-14(10(2)19-18-9)8-15-20-21-16(23)22(15)11(3)12-4-6-13(17)7-5-12/h4-7,11H,8H2,1-3H3,(H,18,19)(H,21,23). The van der Waals surface area contributed by atoms with Crippen molar-refractivity contribution in [2.45, 2.75) is 33.2 Å². The van der Waals surface area contributed by atoms with Gasteiger partial charge in [0.05, 0.1) is 11.7 Å². The molecule has 0 aliphatic heterocycles. The van der Waals surface area contributed by atoms with Crippen LogP contribution in [-0.4, -0.2) is 25.0 Å². The van der Waals surface area contributed by atoms with Crippen molar-refractivity contribution in [1.82, 2.24) is 25.0 Å². The lowest BCUT2D eigenvalue weighted by Crippen LogP contribution is -2.23. The highest BCUT2D eigenvalue weighted by Gasteiger charge is 2.19. The van der Waals surface area contributed by atoms with E-state index in [0.29, 0.717) is 12.2 Å². The van der Waals surface area contributed by atoms with Gasteiger partial charge in [-0.2, -0.15) is 10.2 Å². The predicted octanol–water partition coefficient (Wildman–Crippen LogP) is 2.25. The van der Waals surface area contributed by atoms with Crippen LogP contribution in [0.2, 0.25) is 0 Å². The van der Waals surface area contributed by atoms with Crippen molar-refractivity contribution in [2.75, 3.05) is 0 Å². The molecule has 1 aromatic carbocycles. The van der Waals surface area contributed by atoms with E-state index in [-0.39, 0.29) is 17.5 Å². The van der Waals surface area contributed by atoms with Gasteiger partial charge < -0.3 is 0 Å². The topological polar surface area (TPSA) is 79.4 Å². The summed E-state index contributed by atoms with van der Waals surface area (Å²) < 4.78 is 14.7. The van der Waals surface area contributed by atoms with Gasteiger partial charge in [-0.3, -0.25) is 9.67 Å². The van der Waals surface area contributed by atoms with E-state index in [4.69, 9.17) is 0 Å². The highest BCUT2D eigenvalue weighted by atomic mass is 19.1. The Morgan fingerprint density at radius 3 is 2.48 bits per heavy atom. The molecule has 6 nitrogen and oxygen atoms in total. The Labute approximate surface area is 132 Å². The maximum absolute atomic E-state index is 13.1. The van der Waals surface area contributed by atoms with E-state index in [1.54, 1.807) is 16.7 Å². The fraction of sp³-hybridized carbons (Fsp3) is 0.312. The van der Waals surface area contributed by atoms with E-state index in [1.165, 1.54) is 12.1 Å². The molecule has 0 saturated heterocycles. The van der Waals surface area contributed by atoms with E-state index < -0.39 is 0 Å². The number of hydrogen-bond donors (Lipinski definition) is 2. The smallest absolute Gasteiger partial charge is 0.282 e. The monoisotopic (exact) mass is 315 g/mol. The van der Waals surface area contributed by atoms with Gasteiger partial charge in [0.2, 0.25) is 0 Å². The molecule has 0 amide bonds. The number of nitrogens with zero attached hydrogens (tertiary/aromatic N) is 3. The highest BCUT2D eigenvalue weighted by Crippen LogP contribution is 2.20. The van der Waals surface area contributed by atoms with Crippen molar-refractivity contribution in [3.05, 3.63) is 68.9 Å². The molecule has 2 heterocycles. The molecule has 0 aliphatic rings. The maximum atomic E-state index is 13.1. The third kappa shape index (κ3) is 2.81. The summed E-state index contributed by atoms with van der Waals surface area (Å²) in [4.78, 5) is 12.2.